The van der Waals surface area contributed by atoms with Crippen LogP contribution in [0.3, 0.4) is 0 Å². The van der Waals surface area contributed by atoms with Crippen LogP contribution in [0.15, 0.2) is 70.4 Å². The molecule has 0 spiro atoms. The third-order valence-corrected chi connectivity index (χ3v) is 6.98. The molecule has 0 saturated heterocycles. The largest absolute Gasteiger partial charge is 0.494 e. The van der Waals surface area contributed by atoms with Gasteiger partial charge < -0.3 is 15.4 Å². The highest BCUT2D eigenvalue weighted by molar-refractivity contribution is 8.03. The first-order chi connectivity index (χ1) is 16.5. The van der Waals surface area contributed by atoms with Crippen molar-refractivity contribution < 1.29 is 14.3 Å². The van der Waals surface area contributed by atoms with Gasteiger partial charge in [-0.05, 0) is 62.1 Å². The molecule has 7 heteroatoms. The number of carbonyl (C=O) groups is 2. The number of allylic oxidation sites excluding steroid dienone is 3. The minimum absolute atomic E-state index is 0.0899. The highest BCUT2D eigenvalue weighted by atomic mass is 32.2. The van der Waals surface area contributed by atoms with Crippen LogP contribution in [0, 0.1) is 18.3 Å². The van der Waals surface area contributed by atoms with Crippen molar-refractivity contribution in [1.82, 2.24) is 5.32 Å². The lowest BCUT2D eigenvalue weighted by molar-refractivity contribution is -0.116. The molecule has 0 bridgehead atoms. The Labute approximate surface area is 204 Å². The molecule has 174 valence electrons. The molecule has 0 radical (unpaired) electrons. The molecule has 2 aromatic rings. The minimum Gasteiger partial charge on any atom is -0.494 e. The van der Waals surface area contributed by atoms with E-state index in [0.29, 0.717) is 34.9 Å². The van der Waals surface area contributed by atoms with Gasteiger partial charge in [0.2, 0.25) is 5.91 Å². The molecule has 0 saturated carbocycles. The molecule has 1 heterocycles. The molecular formula is C27H27N3O3S. The molecule has 0 aromatic heterocycles. The number of hydrogen-bond acceptors (Lipinski definition) is 6. The van der Waals surface area contributed by atoms with Crippen molar-refractivity contribution in [3.05, 3.63) is 81.5 Å². The summed E-state index contributed by atoms with van der Waals surface area (Å²) in [5, 5.41) is 17.0. The van der Waals surface area contributed by atoms with Crippen LogP contribution in [0.4, 0.5) is 5.69 Å². The number of thioether (sulfide) groups is 1. The molecule has 6 nitrogen and oxygen atoms in total. The van der Waals surface area contributed by atoms with Crippen LogP contribution in [0.1, 0.15) is 43.2 Å². The summed E-state index contributed by atoms with van der Waals surface area (Å²) >= 11 is 1.29. The number of nitrogens with zero attached hydrogens (tertiary/aromatic N) is 1. The van der Waals surface area contributed by atoms with E-state index in [1.807, 2.05) is 50.2 Å². The fraction of sp³-hybridized carbons (Fsp3) is 0.296. The van der Waals surface area contributed by atoms with E-state index in [9.17, 15) is 14.9 Å². The van der Waals surface area contributed by atoms with E-state index in [4.69, 9.17) is 4.74 Å². The van der Waals surface area contributed by atoms with Crippen LogP contribution < -0.4 is 15.4 Å². The van der Waals surface area contributed by atoms with Crippen molar-refractivity contribution >= 4 is 29.1 Å². The van der Waals surface area contributed by atoms with Gasteiger partial charge in [-0.2, -0.15) is 5.26 Å². The Morgan fingerprint density at radius 1 is 1.21 bits per heavy atom. The van der Waals surface area contributed by atoms with Gasteiger partial charge in [-0.3, -0.25) is 9.59 Å². The van der Waals surface area contributed by atoms with Gasteiger partial charge in [-0.15, -0.1) is 0 Å². The molecule has 1 aliphatic heterocycles. The molecule has 1 amide bonds. The fourth-order valence-electron chi connectivity index (χ4n) is 4.40. The van der Waals surface area contributed by atoms with Crippen molar-refractivity contribution in [2.75, 3.05) is 17.7 Å². The first-order valence-electron chi connectivity index (χ1n) is 11.4. The van der Waals surface area contributed by atoms with Crippen LogP contribution in [-0.2, 0) is 9.59 Å². The molecule has 2 aliphatic rings. The van der Waals surface area contributed by atoms with Crippen LogP contribution in [0.25, 0.3) is 0 Å². The highest BCUT2D eigenvalue weighted by Crippen LogP contribution is 2.44. The SMILES string of the molecule is CCOc1ccc(NC(=O)CSC2=C(C#N)C(c3ccccc3C)C3=C(CCCC3=O)N2)cc1. The van der Waals surface area contributed by atoms with Crippen molar-refractivity contribution in [2.45, 2.75) is 39.0 Å². The zero-order chi connectivity index (χ0) is 24.1. The number of Topliss-reactive ketones (excluding diaryl/α,β-unsaturated/α-hetero) is 1. The number of amides is 1. The maximum absolute atomic E-state index is 12.9. The third-order valence-electron chi connectivity index (χ3n) is 5.96. The standard InChI is InChI=1S/C27H27N3O3S/c1-3-33-19-13-11-18(12-14-19)29-24(32)16-34-27-21(15-28)25(20-8-5-4-7-17(20)2)26-22(30-27)9-6-10-23(26)31/h4-5,7-8,11-14,25,30H,3,6,9-10,16H2,1-2H3,(H,29,32). The van der Waals surface area contributed by atoms with Gasteiger partial charge in [-0.1, -0.05) is 36.0 Å². The molecule has 1 unspecified atom stereocenters. The summed E-state index contributed by atoms with van der Waals surface area (Å²) in [6.07, 6.45) is 2.03. The second-order valence-corrected chi connectivity index (χ2v) is 9.22. The summed E-state index contributed by atoms with van der Waals surface area (Å²) in [6.45, 7) is 4.50. The first-order valence-corrected chi connectivity index (χ1v) is 12.4. The number of dihydropyridines is 1. The van der Waals surface area contributed by atoms with Crippen molar-refractivity contribution in [1.29, 1.82) is 5.26 Å². The second kappa shape index (κ2) is 10.6. The minimum atomic E-state index is -0.410. The molecule has 2 aromatic carbocycles. The molecule has 4 rings (SSSR count). The van der Waals surface area contributed by atoms with E-state index in [-0.39, 0.29) is 17.4 Å². The Kier molecular flexibility index (Phi) is 7.39. The van der Waals surface area contributed by atoms with Crippen LogP contribution in [-0.4, -0.2) is 24.1 Å². The Morgan fingerprint density at radius 2 is 1.97 bits per heavy atom. The Hall–Kier alpha value is -3.50. The van der Waals surface area contributed by atoms with Crippen LogP contribution >= 0.6 is 11.8 Å². The maximum atomic E-state index is 12.9. The van der Waals surface area contributed by atoms with Crippen molar-refractivity contribution in [3.8, 4) is 11.8 Å². The van der Waals surface area contributed by atoms with Gasteiger partial charge >= 0.3 is 0 Å². The van der Waals surface area contributed by atoms with Crippen molar-refractivity contribution in [3.63, 3.8) is 0 Å². The average molecular weight is 474 g/mol. The average Bonchev–Trinajstić information content (AvgIpc) is 2.84. The summed E-state index contributed by atoms with van der Waals surface area (Å²) in [5.74, 6) is 0.391. The Bertz CT molecular complexity index is 1210. The summed E-state index contributed by atoms with van der Waals surface area (Å²) in [6, 6.07) is 17.4. The van der Waals surface area contributed by atoms with Gasteiger partial charge in [0, 0.05) is 23.4 Å². The molecule has 1 atom stereocenters. The molecular weight excluding hydrogens is 446 g/mol. The number of benzene rings is 2. The maximum Gasteiger partial charge on any atom is 0.234 e. The number of nitrogens with one attached hydrogen (secondary N) is 2. The summed E-state index contributed by atoms with van der Waals surface area (Å²) in [4.78, 5) is 25.6. The Morgan fingerprint density at radius 3 is 2.68 bits per heavy atom. The van der Waals surface area contributed by atoms with E-state index in [0.717, 1.165) is 35.4 Å². The normalized spacial score (nSPS) is 17.6. The lowest BCUT2D eigenvalue weighted by atomic mass is 9.76. The summed E-state index contributed by atoms with van der Waals surface area (Å²) in [7, 11) is 0. The number of aryl methyl sites for hydroxylation is 1. The van der Waals surface area contributed by atoms with E-state index >= 15 is 0 Å². The van der Waals surface area contributed by atoms with E-state index in [1.165, 1.54) is 11.8 Å². The number of ether oxygens (including phenoxy) is 1. The lowest BCUT2D eigenvalue weighted by Crippen LogP contribution is -2.32. The number of ketones is 1. The quantitative estimate of drug-likeness (QED) is 0.575. The van der Waals surface area contributed by atoms with E-state index in [1.54, 1.807) is 12.1 Å². The number of rotatable bonds is 7. The molecule has 2 N–H and O–H groups in total. The monoisotopic (exact) mass is 473 g/mol. The predicted octanol–water partition coefficient (Wildman–Crippen LogP) is 5.19. The highest BCUT2D eigenvalue weighted by Gasteiger charge is 2.37. The molecule has 1 aliphatic carbocycles. The lowest BCUT2D eigenvalue weighted by Gasteiger charge is -2.33. The smallest absolute Gasteiger partial charge is 0.234 e. The van der Waals surface area contributed by atoms with E-state index < -0.39 is 5.92 Å². The number of nitriles is 1. The molecule has 34 heavy (non-hydrogen) atoms. The topological polar surface area (TPSA) is 91.2 Å². The van der Waals surface area contributed by atoms with Crippen LogP contribution in [0.5, 0.6) is 5.75 Å². The van der Waals surface area contributed by atoms with Gasteiger partial charge in [0.1, 0.15) is 5.75 Å². The van der Waals surface area contributed by atoms with Gasteiger partial charge in [0.25, 0.3) is 0 Å². The van der Waals surface area contributed by atoms with Gasteiger partial charge in [0.05, 0.1) is 34.9 Å². The van der Waals surface area contributed by atoms with E-state index in [2.05, 4.69) is 16.7 Å². The molecule has 0 fully saturated rings. The third kappa shape index (κ3) is 5.02. The van der Waals surface area contributed by atoms with Crippen molar-refractivity contribution in [2.24, 2.45) is 0 Å². The van der Waals surface area contributed by atoms with Gasteiger partial charge in [0.15, 0.2) is 5.78 Å². The number of hydrogen-bond donors (Lipinski definition) is 2. The van der Waals surface area contributed by atoms with Crippen LogP contribution in [0.2, 0.25) is 0 Å². The number of carbonyl (C=O) groups excluding carboxylic acids is 2. The fourth-order valence-corrected chi connectivity index (χ4v) is 5.26. The number of anilines is 1. The van der Waals surface area contributed by atoms with Gasteiger partial charge in [-0.25, -0.2) is 0 Å². The predicted molar refractivity (Wildman–Crippen MR) is 134 cm³/mol. The summed E-state index contributed by atoms with van der Waals surface area (Å²) < 4.78 is 5.43. The zero-order valence-corrected chi connectivity index (χ0v) is 20.1. The second-order valence-electron chi connectivity index (χ2n) is 8.23. The summed E-state index contributed by atoms with van der Waals surface area (Å²) in [5.41, 5.74) is 4.73. The zero-order valence-electron chi connectivity index (χ0n) is 19.3. The first kappa shape index (κ1) is 23.7. The Balaban J connectivity index is 1.56.